The highest BCUT2D eigenvalue weighted by Crippen LogP contribution is 2.19. The summed E-state index contributed by atoms with van der Waals surface area (Å²) in [5.41, 5.74) is 1.82. The van der Waals surface area contributed by atoms with Crippen LogP contribution in [0.3, 0.4) is 0 Å². The third-order valence-electron chi connectivity index (χ3n) is 2.64. The van der Waals surface area contributed by atoms with Gasteiger partial charge in [-0.2, -0.15) is 0 Å². The first-order valence-corrected chi connectivity index (χ1v) is 5.85. The molecule has 0 spiro atoms. The number of hydrogen-bond donors (Lipinski definition) is 0. The van der Waals surface area contributed by atoms with Crippen molar-refractivity contribution in [3.8, 4) is 0 Å². The van der Waals surface area contributed by atoms with Gasteiger partial charge in [0.25, 0.3) is 0 Å². The van der Waals surface area contributed by atoms with E-state index in [-0.39, 0.29) is 16.8 Å². The van der Waals surface area contributed by atoms with E-state index in [1.54, 1.807) is 12.1 Å². The van der Waals surface area contributed by atoms with E-state index in [1.807, 2.05) is 24.3 Å². The average molecular weight is 249 g/mol. The largest absolute Gasteiger partial charge is 0.441 e. The molecule has 1 heterocycles. The monoisotopic (exact) mass is 248 g/mol. The molecule has 3 heteroatoms. The van der Waals surface area contributed by atoms with Crippen molar-refractivity contribution in [1.29, 1.82) is 0 Å². The Kier molecular flexibility index (Phi) is 3.34. The van der Waals surface area contributed by atoms with E-state index in [1.165, 1.54) is 5.56 Å². The SMILES string of the molecule is CC(C)c1ccc(C(=O)c2ccc(Cl)o2)cc1. The fourth-order valence-corrected chi connectivity index (χ4v) is 1.74. The van der Waals surface area contributed by atoms with Gasteiger partial charge in [0, 0.05) is 5.56 Å². The first kappa shape index (κ1) is 11.9. The van der Waals surface area contributed by atoms with Gasteiger partial charge in [0.05, 0.1) is 0 Å². The molecule has 0 saturated carbocycles. The molecule has 2 rings (SSSR count). The number of furan rings is 1. The second-order valence-corrected chi connectivity index (χ2v) is 4.58. The fraction of sp³-hybridized carbons (Fsp3) is 0.214. The second kappa shape index (κ2) is 4.76. The maximum absolute atomic E-state index is 12.0. The molecule has 0 bridgehead atoms. The van der Waals surface area contributed by atoms with Crippen molar-refractivity contribution in [1.82, 2.24) is 0 Å². The molecule has 1 aromatic carbocycles. The molecule has 1 aromatic heterocycles. The van der Waals surface area contributed by atoms with E-state index < -0.39 is 0 Å². The highest BCUT2D eigenvalue weighted by Gasteiger charge is 2.13. The van der Waals surface area contributed by atoms with Crippen LogP contribution in [0.5, 0.6) is 0 Å². The number of carbonyl (C=O) groups is 1. The fourth-order valence-electron chi connectivity index (χ4n) is 1.60. The van der Waals surface area contributed by atoms with Crippen LogP contribution >= 0.6 is 11.6 Å². The van der Waals surface area contributed by atoms with Gasteiger partial charge >= 0.3 is 0 Å². The van der Waals surface area contributed by atoms with Gasteiger partial charge in [-0.05, 0) is 35.2 Å². The molecule has 2 nitrogen and oxygen atoms in total. The number of benzene rings is 1. The number of rotatable bonds is 3. The molecule has 0 saturated heterocycles. The first-order chi connectivity index (χ1) is 8.08. The van der Waals surface area contributed by atoms with Crippen LogP contribution in [0.2, 0.25) is 5.22 Å². The second-order valence-electron chi connectivity index (χ2n) is 4.21. The molecule has 0 amide bonds. The molecule has 88 valence electrons. The molecule has 0 fully saturated rings. The Morgan fingerprint density at radius 3 is 2.24 bits per heavy atom. The molecule has 0 aliphatic heterocycles. The molecule has 0 unspecified atom stereocenters. The van der Waals surface area contributed by atoms with Crippen molar-refractivity contribution in [2.75, 3.05) is 0 Å². The van der Waals surface area contributed by atoms with Gasteiger partial charge in [0.15, 0.2) is 11.0 Å². The van der Waals surface area contributed by atoms with Crippen LogP contribution in [0, 0.1) is 0 Å². The summed E-state index contributed by atoms with van der Waals surface area (Å²) in [6.07, 6.45) is 0. The number of halogens is 1. The minimum atomic E-state index is -0.146. The summed E-state index contributed by atoms with van der Waals surface area (Å²) in [5, 5.41) is 0.229. The quantitative estimate of drug-likeness (QED) is 0.759. The summed E-state index contributed by atoms with van der Waals surface area (Å²) >= 11 is 5.64. The topological polar surface area (TPSA) is 30.2 Å². The van der Waals surface area contributed by atoms with Crippen molar-refractivity contribution in [3.05, 3.63) is 58.5 Å². The van der Waals surface area contributed by atoms with E-state index in [0.29, 0.717) is 11.5 Å². The summed E-state index contributed by atoms with van der Waals surface area (Å²) < 4.78 is 5.09. The van der Waals surface area contributed by atoms with Gasteiger partial charge in [-0.1, -0.05) is 38.1 Å². The van der Waals surface area contributed by atoms with Crippen LogP contribution in [0.25, 0.3) is 0 Å². The minimum Gasteiger partial charge on any atom is -0.441 e. The first-order valence-electron chi connectivity index (χ1n) is 5.48. The van der Waals surface area contributed by atoms with Crippen molar-refractivity contribution >= 4 is 17.4 Å². The van der Waals surface area contributed by atoms with E-state index in [4.69, 9.17) is 16.0 Å². The maximum Gasteiger partial charge on any atom is 0.228 e. The van der Waals surface area contributed by atoms with Crippen molar-refractivity contribution < 1.29 is 9.21 Å². The molecular formula is C14H13ClO2. The molecule has 0 aliphatic carbocycles. The van der Waals surface area contributed by atoms with E-state index in [9.17, 15) is 4.79 Å². The maximum atomic E-state index is 12.0. The van der Waals surface area contributed by atoms with Crippen LogP contribution in [-0.4, -0.2) is 5.78 Å². The standard InChI is InChI=1S/C14H13ClO2/c1-9(2)10-3-5-11(6-4-10)14(16)12-7-8-13(15)17-12/h3-9H,1-2H3. The van der Waals surface area contributed by atoms with Crippen LogP contribution in [0.15, 0.2) is 40.8 Å². The number of ketones is 1. The van der Waals surface area contributed by atoms with Crippen LogP contribution in [-0.2, 0) is 0 Å². The molecule has 17 heavy (non-hydrogen) atoms. The van der Waals surface area contributed by atoms with Crippen molar-refractivity contribution in [2.24, 2.45) is 0 Å². The predicted octanol–water partition coefficient (Wildman–Crippen LogP) is 4.29. The summed E-state index contributed by atoms with van der Waals surface area (Å²) in [6, 6.07) is 10.7. The van der Waals surface area contributed by atoms with Crippen molar-refractivity contribution in [2.45, 2.75) is 19.8 Å². The Labute approximate surface area is 105 Å². The van der Waals surface area contributed by atoms with Gasteiger partial charge in [-0.25, -0.2) is 0 Å². The molecule has 0 atom stereocenters. The lowest BCUT2D eigenvalue weighted by atomic mass is 10.00. The summed E-state index contributed by atoms with van der Waals surface area (Å²) in [5.74, 6) is 0.580. The summed E-state index contributed by atoms with van der Waals surface area (Å²) in [7, 11) is 0. The summed E-state index contributed by atoms with van der Waals surface area (Å²) in [6.45, 7) is 4.23. The lowest BCUT2D eigenvalue weighted by Crippen LogP contribution is -1.99. The molecule has 2 aromatic rings. The molecule has 0 aliphatic rings. The Hall–Kier alpha value is -1.54. The third kappa shape index (κ3) is 2.59. The zero-order chi connectivity index (χ0) is 12.4. The Morgan fingerprint density at radius 1 is 1.12 bits per heavy atom. The molecular weight excluding hydrogens is 236 g/mol. The lowest BCUT2D eigenvalue weighted by molar-refractivity contribution is 0.101. The highest BCUT2D eigenvalue weighted by molar-refractivity contribution is 6.29. The van der Waals surface area contributed by atoms with Crippen molar-refractivity contribution in [3.63, 3.8) is 0 Å². The Morgan fingerprint density at radius 2 is 1.76 bits per heavy atom. The third-order valence-corrected chi connectivity index (χ3v) is 2.84. The normalized spacial score (nSPS) is 10.8. The Bertz CT molecular complexity index is 523. The molecule has 0 N–H and O–H groups in total. The van der Waals surface area contributed by atoms with E-state index in [0.717, 1.165) is 0 Å². The van der Waals surface area contributed by atoms with Gasteiger partial charge < -0.3 is 4.42 Å². The number of hydrogen-bond acceptors (Lipinski definition) is 2. The average Bonchev–Trinajstić information content (AvgIpc) is 2.75. The Balaban J connectivity index is 2.26. The molecule has 0 radical (unpaired) electrons. The van der Waals surface area contributed by atoms with Crippen LogP contribution < -0.4 is 0 Å². The predicted molar refractivity (Wildman–Crippen MR) is 67.7 cm³/mol. The lowest BCUT2D eigenvalue weighted by Gasteiger charge is -2.05. The zero-order valence-electron chi connectivity index (χ0n) is 9.74. The van der Waals surface area contributed by atoms with Gasteiger partial charge in [-0.15, -0.1) is 0 Å². The smallest absolute Gasteiger partial charge is 0.228 e. The van der Waals surface area contributed by atoms with E-state index in [2.05, 4.69) is 13.8 Å². The van der Waals surface area contributed by atoms with Gasteiger partial charge in [-0.3, -0.25) is 4.79 Å². The summed E-state index contributed by atoms with van der Waals surface area (Å²) in [4.78, 5) is 12.0. The minimum absolute atomic E-state index is 0.146. The van der Waals surface area contributed by atoms with E-state index >= 15 is 0 Å². The van der Waals surface area contributed by atoms with Crippen LogP contribution in [0.1, 0.15) is 41.4 Å². The zero-order valence-corrected chi connectivity index (χ0v) is 10.5. The highest BCUT2D eigenvalue weighted by atomic mass is 35.5. The van der Waals surface area contributed by atoms with Gasteiger partial charge in [0.1, 0.15) is 0 Å². The van der Waals surface area contributed by atoms with Gasteiger partial charge in [0.2, 0.25) is 5.78 Å². The number of carbonyl (C=O) groups excluding carboxylic acids is 1. The van der Waals surface area contributed by atoms with Crippen LogP contribution in [0.4, 0.5) is 0 Å².